The largest absolute Gasteiger partial charge is 0.438 e. The van der Waals surface area contributed by atoms with Gasteiger partial charge in [-0.25, -0.2) is 18.0 Å². The number of nitrogens with zero attached hydrogens (tertiary/aromatic N) is 2. The van der Waals surface area contributed by atoms with Crippen LogP contribution >= 0.6 is 0 Å². The molecule has 2 heterocycles. The number of hydrogen-bond acceptors (Lipinski definition) is 4. The second-order valence-electron chi connectivity index (χ2n) is 10.3. The molecule has 1 N–H and O–H groups in total. The molecule has 0 radical (unpaired) electrons. The summed E-state index contributed by atoms with van der Waals surface area (Å²) in [6, 6.07) is 18.8. The van der Waals surface area contributed by atoms with Crippen molar-refractivity contribution in [3.63, 3.8) is 0 Å². The van der Waals surface area contributed by atoms with Crippen molar-refractivity contribution in [2.75, 3.05) is 6.54 Å². The van der Waals surface area contributed by atoms with E-state index in [1.165, 1.54) is 6.07 Å². The number of halogens is 3. The van der Waals surface area contributed by atoms with Crippen LogP contribution in [0, 0.1) is 0 Å². The van der Waals surface area contributed by atoms with Crippen molar-refractivity contribution >= 4 is 6.09 Å². The standard InChI is InChI=1S/C29H31F3N2O4/c1-19(20-9-11-21(12-10-20)22-13-15-34(24(35)17-22)26(32)25(30)31)33-16-14-29(38-27(33)36,18-28(2,3)37)23-7-5-4-6-8-23/h4-13,15,17,19,25-26,37H,14,16,18H2,1-3H3/t19-,26?,29?/m0/s1. The molecule has 1 aliphatic heterocycles. The van der Waals surface area contributed by atoms with Gasteiger partial charge in [0, 0.05) is 31.6 Å². The number of amides is 1. The van der Waals surface area contributed by atoms with E-state index in [1.807, 2.05) is 49.4 Å². The van der Waals surface area contributed by atoms with Crippen LogP contribution in [0.3, 0.4) is 0 Å². The summed E-state index contributed by atoms with van der Waals surface area (Å²) in [4.78, 5) is 27.0. The average molecular weight is 529 g/mol. The van der Waals surface area contributed by atoms with Gasteiger partial charge in [-0.15, -0.1) is 0 Å². The number of hydrogen-bond donors (Lipinski definition) is 1. The van der Waals surface area contributed by atoms with Gasteiger partial charge < -0.3 is 14.7 Å². The fourth-order valence-corrected chi connectivity index (χ4v) is 5.02. The van der Waals surface area contributed by atoms with Gasteiger partial charge in [-0.3, -0.25) is 9.36 Å². The van der Waals surface area contributed by atoms with Gasteiger partial charge in [0.05, 0.1) is 11.6 Å². The first-order valence-corrected chi connectivity index (χ1v) is 12.4. The minimum atomic E-state index is -3.30. The Morgan fingerprint density at radius 1 is 1.00 bits per heavy atom. The lowest BCUT2D eigenvalue weighted by Gasteiger charge is -2.45. The van der Waals surface area contributed by atoms with Crippen molar-refractivity contribution < 1.29 is 27.8 Å². The number of carbonyl (C=O) groups is 1. The molecule has 1 saturated heterocycles. The van der Waals surface area contributed by atoms with Gasteiger partial charge in [0.1, 0.15) is 5.60 Å². The molecular weight excluding hydrogens is 497 g/mol. The molecule has 0 aliphatic carbocycles. The zero-order valence-corrected chi connectivity index (χ0v) is 21.5. The van der Waals surface area contributed by atoms with E-state index in [1.54, 1.807) is 30.9 Å². The van der Waals surface area contributed by atoms with Crippen molar-refractivity contribution in [1.29, 1.82) is 0 Å². The summed E-state index contributed by atoms with van der Waals surface area (Å²) in [5.74, 6) is 0. The summed E-state index contributed by atoms with van der Waals surface area (Å²) < 4.78 is 45.3. The second kappa shape index (κ2) is 10.6. The maximum atomic E-state index is 13.6. The first kappa shape index (κ1) is 27.4. The quantitative estimate of drug-likeness (QED) is 0.378. The predicted octanol–water partition coefficient (Wildman–Crippen LogP) is 6.21. The van der Waals surface area contributed by atoms with Crippen LogP contribution in [0.25, 0.3) is 11.1 Å². The van der Waals surface area contributed by atoms with E-state index in [2.05, 4.69) is 0 Å². The molecule has 1 aliphatic rings. The van der Waals surface area contributed by atoms with Crippen molar-refractivity contribution in [3.05, 3.63) is 94.4 Å². The maximum Gasteiger partial charge on any atom is 0.411 e. The molecule has 4 rings (SSSR count). The summed E-state index contributed by atoms with van der Waals surface area (Å²) >= 11 is 0. The number of aliphatic hydroxyl groups is 1. The molecule has 0 bridgehead atoms. The van der Waals surface area contributed by atoms with E-state index in [9.17, 15) is 27.9 Å². The average Bonchev–Trinajstić information content (AvgIpc) is 2.87. The normalized spacial score (nSPS) is 19.8. The zero-order valence-electron chi connectivity index (χ0n) is 21.5. The third kappa shape index (κ3) is 5.78. The SMILES string of the molecule is C[C@@H](c1ccc(-c2ccn(C(F)C(F)F)c(=O)c2)cc1)N1CCC(CC(C)(C)O)(c2ccccc2)OC1=O. The molecule has 2 unspecified atom stereocenters. The highest BCUT2D eigenvalue weighted by molar-refractivity contribution is 5.70. The highest BCUT2D eigenvalue weighted by Crippen LogP contribution is 2.42. The molecule has 1 aromatic heterocycles. The van der Waals surface area contributed by atoms with Gasteiger partial charge in [-0.05, 0) is 49.1 Å². The van der Waals surface area contributed by atoms with Gasteiger partial charge in [-0.1, -0.05) is 54.6 Å². The van der Waals surface area contributed by atoms with Gasteiger partial charge in [0.15, 0.2) is 0 Å². The molecule has 1 amide bonds. The topological polar surface area (TPSA) is 71.8 Å². The van der Waals surface area contributed by atoms with E-state index in [0.717, 1.165) is 23.4 Å². The minimum Gasteiger partial charge on any atom is -0.438 e. The summed E-state index contributed by atoms with van der Waals surface area (Å²) in [7, 11) is 0. The van der Waals surface area contributed by atoms with Gasteiger partial charge in [-0.2, -0.15) is 0 Å². The number of alkyl halides is 3. The third-order valence-corrected chi connectivity index (χ3v) is 6.91. The van der Waals surface area contributed by atoms with E-state index >= 15 is 0 Å². The van der Waals surface area contributed by atoms with Crippen molar-refractivity contribution in [1.82, 2.24) is 9.47 Å². The van der Waals surface area contributed by atoms with Gasteiger partial charge >= 0.3 is 6.09 Å². The van der Waals surface area contributed by atoms with Crippen molar-refractivity contribution in [3.8, 4) is 11.1 Å². The van der Waals surface area contributed by atoms with E-state index in [0.29, 0.717) is 28.7 Å². The molecule has 9 heteroatoms. The smallest absolute Gasteiger partial charge is 0.411 e. The molecule has 0 saturated carbocycles. The Morgan fingerprint density at radius 3 is 2.21 bits per heavy atom. The number of carbonyl (C=O) groups excluding carboxylic acids is 1. The number of rotatable bonds is 8. The first-order valence-electron chi connectivity index (χ1n) is 12.4. The molecule has 202 valence electrons. The zero-order chi connectivity index (χ0) is 27.7. The Balaban J connectivity index is 1.51. The van der Waals surface area contributed by atoms with Crippen LogP contribution < -0.4 is 5.56 Å². The summed E-state index contributed by atoms with van der Waals surface area (Å²) in [6.07, 6.45) is -4.71. The molecule has 3 aromatic rings. The molecule has 1 fully saturated rings. The van der Waals surface area contributed by atoms with E-state index < -0.39 is 35.6 Å². The highest BCUT2D eigenvalue weighted by Gasteiger charge is 2.46. The Morgan fingerprint density at radius 2 is 1.66 bits per heavy atom. The lowest BCUT2D eigenvalue weighted by atomic mass is 9.80. The number of ether oxygens (including phenoxy) is 1. The monoisotopic (exact) mass is 528 g/mol. The van der Waals surface area contributed by atoms with Crippen molar-refractivity contribution in [2.45, 2.75) is 63.6 Å². The van der Waals surface area contributed by atoms with Gasteiger partial charge in [0.2, 0.25) is 6.30 Å². The lowest BCUT2D eigenvalue weighted by molar-refractivity contribution is -0.101. The molecular formula is C29H31F3N2O4. The minimum absolute atomic E-state index is 0.256. The van der Waals surface area contributed by atoms with Crippen LogP contribution in [-0.2, 0) is 10.3 Å². The Kier molecular flexibility index (Phi) is 7.69. The maximum absolute atomic E-state index is 13.6. The molecule has 3 atom stereocenters. The molecule has 6 nitrogen and oxygen atoms in total. The Hall–Kier alpha value is -3.59. The van der Waals surface area contributed by atoms with E-state index in [4.69, 9.17) is 4.74 Å². The van der Waals surface area contributed by atoms with Crippen LogP contribution in [0.5, 0.6) is 0 Å². The van der Waals surface area contributed by atoms with Gasteiger partial charge in [0.25, 0.3) is 12.0 Å². The van der Waals surface area contributed by atoms with E-state index in [-0.39, 0.29) is 12.5 Å². The number of aromatic nitrogens is 1. The molecule has 38 heavy (non-hydrogen) atoms. The molecule has 2 aromatic carbocycles. The Labute approximate surface area is 219 Å². The van der Waals surface area contributed by atoms with Crippen LogP contribution in [0.4, 0.5) is 18.0 Å². The van der Waals surface area contributed by atoms with Crippen LogP contribution in [0.2, 0.25) is 0 Å². The summed E-state index contributed by atoms with van der Waals surface area (Å²) in [6.45, 7) is 5.69. The fourth-order valence-electron chi connectivity index (χ4n) is 5.02. The second-order valence-corrected chi connectivity index (χ2v) is 10.3. The number of pyridine rings is 1. The van der Waals surface area contributed by atoms with Crippen LogP contribution in [-0.4, -0.2) is 39.2 Å². The summed E-state index contributed by atoms with van der Waals surface area (Å²) in [5.41, 5.74) is -0.0884. The lowest BCUT2D eigenvalue weighted by Crippen LogP contribution is -2.51. The molecule has 0 spiro atoms. The Bertz CT molecular complexity index is 1320. The third-order valence-electron chi connectivity index (χ3n) is 6.91. The highest BCUT2D eigenvalue weighted by atomic mass is 19.3. The van der Waals surface area contributed by atoms with Crippen molar-refractivity contribution in [2.24, 2.45) is 0 Å². The first-order chi connectivity index (χ1) is 17.9. The van der Waals surface area contributed by atoms with Crippen LogP contribution in [0.15, 0.2) is 77.7 Å². The number of cyclic esters (lactones) is 1. The summed E-state index contributed by atoms with van der Waals surface area (Å²) in [5, 5.41) is 10.6. The number of benzene rings is 2. The van der Waals surface area contributed by atoms with Crippen LogP contribution in [0.1, 0.15) is 57.1 Å². The predicted molar refractivity (Wildman–Crippen MR) is 138 cm³/mol. The fraction of sp³-hybridized carbons (Fsp3) is 0.379.